The molecule has 4 nitrogen and oxygen atoms in total. The molecule has 128 valence electrons. The third-order valence-corrected chi connectivity index (χ3v) is 4.91. The molecule has 2 rings (SSSR count). The molecule has 0 aliphatic carbocycles. The zero-order valence-corrected chi connectivity index (χ0v) is 14.8. The van der Waals surface area contributed by atoms with Crippen LogP contribution in [0.2, 0.25) is 0 Å². The van der Waals surface area contributed by atoms with Gasteiger partial charge in [0.1, 0.15) is 0 Å². The van der Waals surface area contributed by atoms with Gasteiger partial charge in [-0.1, -0.05) is 38.1 Å². The third kappa shape index (κ3) is 4.33. The van der Waals surface area contributed by atoms with E-state index < -0.39 is 5.41 Å². The maximum Gasteiger partial charge on any atom is 0.229 e. The second-order valence-electron chi connectivity index (χ2n) is 6.98. The molecular weight excluding hydrogens is 288 g/mol. The molecule has 1 aromatic rings. The highest BCUT2D eigenvalue weighted by atomic mass is 16.5. The maximum absolute atomic E-state index is 12.9. The van der Waals surface area contributed by atoms with Gasteiger partial charge in [-0.2, -0.15) is 0 Å². The van der Waals surface area contributed by atoms with Crippen LogP contribution < -0.4 is 10.6 Å². The van der Waals surface area contributed by atoms with E-state index in [2.05, 4.69) is 48.7 Å². The molecule has 0 aromatic heterocycles. The molecule has 1 atom stereocenters. The van der Waals surface area contributed by atoms with Crippen LogP contribution in [-0.2, 0) is 9.53 Å². The van der Waals surface area contributed by atoms with Crippen LogP contribution in [0.5, 0.6) is 0 Å². The van der Waals surface area contributed by atoms with Gasteiger partial charge in [-0.3, -0.25) is 4.79 Å². The van der Waals surface area contributed by atoms with Crippen molar-refractivity contribution in [3.8, 4) is 0 Å². The van der Waals surface area contributed by atoms with Gasteiger partial charge >= 0.3 is 0 Å². The Morgan fingerprint density at radius 1 is 1.17 bits per heavy atom. The Balaban J connectivity index is 2.05. The second kappa shape index (κ2) is 7.93. The number of benzene rings is 1. The van der Waals surface area contributed by atoms with Gasteiger partial charge in [-0.15, -0.1) is 0 Å². The van der Waals surface area contributed by atoms with Crippen LogP contribution in [0.25, 0.3) is 0 Å². The van der Waals surface area contributed by atoms with Crippen LogP contribution in [-0.4, -0.2) is 32.7 Å². The molecule has 1 saturated heterocycles. The Bertz CT molecular complexity index is 499. The van der Waals surface area contributed by atoms with Crippen molar-refractivity contribution in [2.75, 3.05) is 26.8 Å². The molecule has 0 bridgehead atoms. The zero-order valence-electron chi connectivity index (χ0n) is 14.8. The number of nitrogens with one attached hydrogen (secondary N) is 2. The molecule has 1 fully saturated rings. The van der Waals surface area contributed by atoms with E-state index in [-0.39, 0.29) is 11.9 Å². The average Bonchev–Trinajstić information content (AvgIpc) is 2.56. The van der Waals surface area contributed by atoms with Crippen molar-refractivity contribution in [3.63, 3.8) is 0 Å². The summed E-state index contributed by atoms with van der Waals surface area (Å²) in [5.41, 5.74) is 2.07. The summed E-state index contributed by atoms with van der Waals surface area (Å²) < 4.78 is 5.35. The fraction of sp³-hybridized carbons (Fsp3) is 0.632. The summed E-state index contributed by atoms with van der Waals surface area (Å²) in [6.07, 6.45) is 1.65. The van der Waals surface area contributed by atoms with Gasteiger partial charge in [0.2, 0.25) is 5.91 Å². The van der Waals surface area contributed by atoms with Crippen molar-refractivity contribution in [2.24, 2.45) is 5.41 Å². The van der Waals surface area contributed by atoms with E-state index >= 15 is 0 Å². The number of ether oxygens (including phenoxy) is 1. The van der Waals surface area contributed by atoms with E-state index in [1.165, 1.54) is 5.56 Å². The molecule has 0 spiro atoms. The van der Waals surface area contributed by atoms with Crippen LogP contribution >= 0.6 is 0 Å². The summed E-state index contributed by atoms with van der Waals surface area (Å²) in [5.74, 6) is 0.634. The SMILES string of the molecule is COCC1(C(=O)NC(C)c2ccc(C(C)C)cc2)CCNCC1. The first kappa shape index (κ1) is 18.0. The highest BCUT2D eigenvalue weighted by Gasteiger charge is 2.40. The largest absolute Gasteiger partial charge is 0.384 e. The fourth-order valence-corrected chi connectivity index (χ4v) is 3.22. The van der Waals surface area contributed by atoms with Crippen molar-refractivity contribution in [2.45, 2.75) is 45.6 Å². The summed E-state index contributed by atoms with van der Waals surface area (Å²) in [5, 5.41) is 6.51. The van der Waals surface area contributed by atoms with Crippen LogP contribution in [0.15, 0.2) is 24.3 Å². The average molecular weight is 318 g/mol. The molecule has 1 aliphatic heterocycles. The topological polar surface area (TPSA) is 50.4 Å². The lowest BCUT2D eigenvalue weighted by atomic mass is 9.78. The van der Waals surface area contributed by atoms with Gasteiger partial charge in [0.25, 0.3) is 0 Å². The van der Waals surface area contributed by atoms with Gasteiger partial charge in [-0.25, -0.2) is 0 Å². The Kier molecular flexibility index (Phi) is 6.19. The minimum atomic E-state index is -0.397. The summed E-state index contributed by atoms with van der Waals surface area (Å²) in [4.78, 5) is 12.9. The van der Waals surface area contributed by atoms with E-state index in [9.17, 15) is 4.79 Å². The van der Waals surface area contributed by atoms with Gasteiger partial charge in [-0.05, 0) is 49.9 Å². The van der Waals surface area contributed by atoms with E-state index in [1.54, 1.807) is 7.11 Å². The summed E-state index contributed by atoms with van der Waals surface area (Å²) >= 11 is 0. The molecule has 23 heavy (non-hydrogen) atoms. The molecule has 1 aliphatic rings. The number of hydrogen-bond donors (Lipinski definition) is 2. The normalized spacial score (nSPS) is 18.7. The Labute approximate surface area is 140 Å². The van der Waals surface area contributed by atoms with E-state index in [1.807, 2.05) is 6.92 Å². The smallest absolute Gasteiger partial charge is 0.229 e. The summed E-state index contributed by atoms with van der Waals surface area (Å²) in [7, 11) is 1.67. The molecule has 1 amide bonds. The lowest BCUT2D eigenvalue weighted by Crippen LogP contribution is -2.50. The van der Waals surface area contributed by atoms with Gasteiger partial charge in [0, 0.05) is 7.11 Å². The lowest BCUT2D eigenvalue weighted by molar-refractivity contribution is -0.136. The molecule has 1 aromatic carbocycles. The monoisotopic (exact) mass is 318 g/mol. The summed E-state index contributed by atoms with van der Waals surface area (Å²) in [6.45, 7) is 8.64. The minimum Gasteiger partial charge on any atom is -0.384 e. The van der Waals surface area contributed by atoms with Crippen molar-refractivity contribution in [1.82, 2.24) is 10.6 Å². The number of amides is 1. The standard InChI is InChI=1S/C19H30N2O2/c1-14(2)16-5-7-17(8-6-16)15(3)21-18(22)19(13-23-4)9-11-20-12-10-19/h5-8,14-15,20H,9-13H2,1-4H3,(H,21,22). The van der Waals surface area contributed by atoms with Crippen LogP contribution in [0, 0.1) is 5.41 Å². The number of carbonyl (C=O) groups excluding carboxylic acids is 1. The Morgan fingerprint density at radius 3 is 2.26 bits per heavy atom. The molecule has 2 N–H and O–H groups in total. The lowest BCUT2D eigenvalue weighted by Gasteiger charge is -2.36. The van der Waals surface area contributed by atoms with Gasteiger partial charge in [0.15, 0.2) is 0 Å². The molecule has 0 radical (unpaired) electrons. The van der Waals surface area contributed by atoms with Crippen molar-refractivity contribution >= 4 is 5.91 Å². The van der Waals surface area contributed by atoms with Crippen molar-refractivity contribution < 1.29 is 9.53 Å². The number of piperidine rings is 1. The highest BCUT2D eigenvalue weighted by Crippen LogP contribution is 2.30. The molecule has 4 heteroatoms. The Hall–Kier alpha value is -1.39. The van der Waals surface area contributed by atoms with Crippen LogP contribution in [0.4, 0.5) is 0 Å². The number of hydrogen-bond acceptors (Lipinski definition) is 3. The molecule has 1 unspecified atom stereocenters. The highest BCUT2D eigenvalue weighted by molar-refractivity contribution is 5.83. The van der Waals surface area contributed by atoms with Crippen molar-refractivity contribution in [3.05, 3.63) is 35.4 Å². The fourth-order valence-electron chi connectivity index (χ4n) is 3.22. The Morgan fingerprint density at radius 2 is 1.74 bits per heavy atom. The van der Waals surface area contributed by atoms with Gasteiger partial charge in [0.05, 0.1) is 18.1 Å². The van der Waals surface area contributed by atoms with E-state index in [0.29, 0.717) is 12.5 Å². The first-order valence-electron chi connectivity index (χ1n) is 8.59. The van der Waals surface area contributed by atoms with Crippen LogP contribution in [0.1, 0.15) is 56.7 Å². The maximum atomic E-state index is 12.9. The summed E-state index contributed by atoms with van der Waals surface area (Å²) in [6, 6.07) is 8.54. The molecule has 0 saturated carbocycles. The first-order chi connectivity index (χ1) is 11.0. The van der Waals surface area contributed by atoms with Crippen LogP contribution in [0.3, 0.4) is 0 Å². The second-order valence-corrected chi connectivity index (χ2v) is 6.98. The third-order valence-electron chi connectivity index (χ3n) is 4.91. The first-order valence-corrected chi connectivity index (χ1v) is 8.59. The quantitative estimate of drug-likeness (QED) is 0.848. The minimum absolute atomic E-state index is 0.00679. The number of carbonyl (C=O) groups is 1. The van der Waals surface area contributed by atoms with Gasteiger partial charge < -0.3 is 15.4 Å². The van der Waals surface area contributed by atoms with E-state index in [0.717, 1.165) is 31.5 Å². The molecular formula is C19H30N2O2. The number of rotatable bonds is 6. The molecule has 1 heterocycles. The zero-order chi connectivity index (χ0) is 16.9. The predicted molar refractivity (Wildman–Crippen MR) is 93.5 cm³/mol. The predicted octanol–water partition coefficient (Wildman–Crippen LogP) is 3.00. The van der Waals surface area contributed by atoms with E-state index in [4.69, 9.17) is 4.74 Å². The van der Waals surface area contributed by atoms with Crippen molar-refractivity contribution in [1.29, 1.82) is 0 Å². The number of methoxy groups -OCH3 is 1.